The molecule has 5 heteroatoms. The fraction of sp³-hybridized carbons (Fsp3) is 0.500. The topological polar surface area (TPSA) is 56.6 Å². The number of amides is 1. The van der Waals surface area contributed by atoms with E-state index in [9.17, 15) is 4.79 Å². The van der Waals surface area contributed by atoms with Crippen LogP contribution in [0.1, 0.15) is 22.8 Å². The predicted octanol–water partition coefficient (Wildman–Crippen LogP) is 1.67. The fourth-order valence-electron chi connectivity index (χ4n) is 2.53. The van der Waals surface area contributed by atoms with Gasteiger partial charge in [0.15, 0.2) is 0 Å². The Morgan fingerprint density at radius 3 is 2.57 bits per heavy atom. The van der Waals surface area contributed by atoms with Gasteiger partial charge in [0.2, 0.25) is 0 Å². The van der Waals surface area contributed by atoms with Gasteiger partial charge in [-0.2, -0.15) is 5.26 Å². The van der Waals surface area contributed by atoms with Gasteiger partial charge in [0.25, 0.3) is 5.91 Å². The molecule has 0 N–H and O–H groups in total. The van der Waals surface area contributed by atoms with E-state index in [2.05, 4.69) is 11.0 Å². The number of hydrogen-bond acceptors (Lipinski definition) is 4. The van der Waals surface area contributed by atoms with Crippen LogP contribution in [0.15, 0.2) is 18.2 Å². The highest BCUT2D eigenvalue weighted by Gasteiger charge is 2.24. The molecule has 1 aliphatic rings. The smallest absolute Gasteiger partial charge is 0.254 e. The van der Waals surface area contributed by atoms with Gasteiger partial charge < -0.3 is 9.64 Å². The molecule has 1 saturated heterocycles. The quantitative estimate of drug-likeness (QED) is 0.848. The maximum atomic E-state index is 12.5. The van der Waals surface area contributed by atoms with Crippen LogP contribution in [0.5, 0.6) is 5.75 Å². The van der Waals surface area contributed by atoms with Crippen molar-refractivity contribution in [3.63, 3.8) is 0 Å². The van der Waals surface area contributed by atoms with Gasteiger partial charge in [-0.15, -0.1) is 0 Å². The third kappa shape index (κ3) is 3.34. The van der Waals surface area contributed by atoms with Crippen molar-refractivity contribution >= 4 is 5.91 Å². The van der Waals surface area contributed by atoms with E-state index in [4.69, 9.17) is 10.00 Å². The van der Waals surface area contributed by atoms with Crippen LogP contribution in [0.2, 0.25) is 0 Å². The van der Waals surface area contributed by atoms with Crippen molar-refractivity contribution in [1.29, 1.82) is 5.26 Å². The Balaban J connectivity index is 2.04. The van der Waals surface area contributed by atoms with Gasteiger partial charge >= 0.3 is 0 Å². The van der Waals surface area contributed by atoms with Gasteiger partial charge in [-0.1, -0.05) is 6.07 Å². The van der Waals surface area contributed by atoms with Crippen LogP contribution in [-0.4, -0.2) is 55.0 Å². The monoisotopic (exact) mass is 287 g/mol. The first-order valence-corrected chi connectivity index (χ1v) is 7.14. The zero-order valence-corrected chi connectivity index (χ0v) is 12.8. The van der Waals surface area contributed by atoms with Crippen molar-refractivity contribution in [2.75, 3.05) is 33.3 Å². The van der Waals surface area contributed by atoms with Gasteiger partial charge in [0.1, 0.15) is 5.75 Å². The molecule has 2 rings (SSSR count). The van der Waals surface area contributed by atoms with Crippen molar-refractivity contribution < 1.29 is 9.53 Å². The number of nitriles is 1. The first-order valence-electron chi connectivity index (χ1n) is 7.14. The second kappa shape index (κ2) is 6.59. The third-order valence-corrected chi connectivity index (χ3v) is 3.99. The summed E-state index contributed by atoms with van der Waals surface area (Å²) in [5.74, 6) is 0.759. The van der Waals surface area contributed by atoms with E-state index in [0.717, 1.165) is 24.4 Å². The van der Waals surface area contributed by atoms with E-state index in [0.29, 0.717) is 18.7 Å². The number of benzene rings is 1. The van der Waals surface area contributed by atoms with E-state index in [1.165, 1.54) is 0 Å². The lowest BCUT2D eigenvalue weighted by molar-refractivity contribution is 0.0615. The van der Waals surface area contributed by atoms with E-state index < -0.39 is 0 Å². The van der Waals surface area contributed by atoms with Crippen LogP contribution < -0.4 is 4.74 Å². The Labute approximate surface area is 125 Å². The van der Waals surface area contributed by atoms with Crippen LogP contribution >= 0.6 is 0 Å². The summed E-state index contributed by atoms with van der Waals surface area (Å²) in [6.45, 7) is 6.63. The number of methoxy groups -OCH3 is 1. The minimum Gasteiger partial charge on any atom is -0.496 e. The maximum absolute atomic E-state index is 12.5. The Bertz CT molecular complexity index is 557. The third-order valence-electron chi connectivity index (χ3n) is 3.99. The van der Waals surface area contributed by atoms with E-state index in [1.54, 1.807) is 13.2 Å². The van der Waals surface area contributed by atoms with Crippen LogP contribution in [0, 0.1) is 18.3 Å². The summed E-state index contributed by atoms with van der Waals surface area (Å²) in [5.41, 5.74) is 1.67. The van der Waals surface area contributed by atoms with Gasteiger partial charge in [-0.25, -0.2) is 0 Å². The minimum atomic E-state index is -0.0956. The fourth-order valence-corrected chi connectivity index (χ4v) is 2.53. The van der Waals surface area contributed by atoms with Crippen LogP contribution in [0.4, 0.5) is 0 Å². The van der Waals surface area contributed by atoms with Gasteiger partial charge in [-0.3, -0.25) is 9.69 Å². The summed E-state index contributed by atoms with van der Waals surface area (Å²) in [5, 5.41) is 8.94. The van der Waals surface area contributed by atoms with Crippen molar-refractivity contribution in [2.45, 2.75) is 19.9 Å². The summed E-state index contributed by atoms with van der Waals surface area (Å²) in [7, 11) is 1.61. The van der Waals surface area contributed by atoms with Gasteiger partial charge in [0, 0.05) is 31.7 Å². The Morgan fingerprint density at radius 1 is 1.33 bits per heavy atom. The molecule has 21 heavy (non-hydrogen) atoms. The van der Waals surface area contributed by atoms with Gasteiger partial charge in [-0.05, 0) is 31.5 Å². The molecule has 0 aromatic heterocycles. The zero-order valence-electron chi connectivity index (χ0n) is 12.8. The molecular formula is C16H21N3O2. The lowest BCUT2D eigenvalue weighted by atomic mass is 10.1. The SMILES string of the molecule is COc1cc(C(=O)N2CCN(C(C)C#N)CC2)ccc1C. The molecule has 1 heterocycles. The lowest BCUT2D eigenvalue weighted by Gasteiger charge is -2.36. The Kier molecular flexibility index (Phi) is 4.81. The summed E-state index contributed by atoms with van der Waals surface area (Å²) >= 11 is 0. The molecule has 1 aliphatic heterocycles. The van der Waals surface area contributed by atoms with E-state index in [-0.39, 0.29) is 11.9 Å². The molecule has 1 aromatic carbocycles. The van der Waals surface area contributed by atoms with E-state index in [1.807, 2.05) is 30.9 Å². The molecule has 1 fully saturated rings. The number of ether oxygens (including phenoxy) is 1. The summed E-state index contributed by atoms with van der Waals surface area (Å²) in [4.78, 5) is 16.4. The van der Waals surface area contributed by atoms with Crippen LogP contribution in [0.3, 0.4) is 0 Å². The number of nitrogens with zero attached hydrogens (tertiary/aromatic N) is 3. The average Bonchev–Trinajstić information content (AvgIpc) is 2.54. The molecule has 1 amide bonds. The normalized spacial score (nSPS) is 17.1. The predicted molar refractivity (Wildman–Crippen MR) is 80.3 cm³/mol. The molecule has 1 aromatic rings. The summed E-state index contributed by atoms with van der Waals surface area (Å²) in [6, 6.07) is 7.68. The largest absolute Gasteiger partial charge is 0.496 e. The Morgan fingerprint density at radius 2 is 2.00 bits per heavy atom. The molecule has 1 unspecified atom stereocenters. The molecule has 0 spiro atoms. The molecule has 112 valence electrons. The molecule has 1 atom stereocenters. The van der Waals surface area contributed by atoms with E-state index >= 15 is 0 Å². The number of aryl methyl sites for hydroxylation is 1. The molecular weight excluding hydrogens is 266 g/mol. The highest BCUT2D eigenvalue weighted by atomic mass is 16.5. The first kappa shape index (κ1) is 15.3. The lowest BCUT2D eigenvalue weighted by Crippen LogP contribution is -2.51. The number of carbonyl (C=O) groups is 1. The average molecular weight is 287 g/mol. The highest BCUT2D eigenvalue weighted by molar-refractivity contribution is 5.94. The van der Waals surface area contributed by atoms with Crippen molar-refractivity contribution in [2.24, 2.45) is 0 Å². The van der Waals surface area contributed by atoms with Crippen LogP contribution in [-0.2, 0) is 0 Å². The van der Waals surface area contributed by atoms with Gasteiger partial charge in [0.05, 0.1) is 19.2 Å². The molecule has 5 nitrogen and oxygen atoms in total. The highest BCUT2D eigenvalue weighted by Crippen LogP contribution is 2.20. The number of piperazine rings is 1. The van der Waals surface area contributed by atoms with Crippen LogP contribution in [0.25, 0.3) is 0 Å². The second-order valence-electron chi connectivity index (χ2n) is 5.32. The first-order chi connectivity index (χ1) is 10.1. The number of carbonyl (C=O) groups excluding carboxylic acids is 1. The maximum Gasteiger partial charge on any atom is 0.254 e. The second-order valence-corrected chi connectivity index (χ2v) is 5.32. The minimum absolute atomic E-state index is 0.0255. The number of rotatable bonds is 3. The van der Waals surface area contributed by atoms with Crippen molar-refractivity contribution in [3.05, 3.63) is 29.3 Å². The molecule has 0 aliphatic carbocycles. The molecule has 0 bridgehead atoms. The zero-order chi connectivity index (χ0) is 15.4. The summed E-state index contributed by atoms with van der Waals surface area (Å²) in [6.07, 6.45) is 0. The van der Waals surface area contributed by atoms with Crippen molar-refractivity contribution in [3.8, 4) is 11.8 Å². The Hall–Kier alpha value is -2.06. The summed E-state index contributed by atoms with van der Waals surface area (Å²) < 4.78 is 5.27. The standard InChI is InChI=1S/C16H21N3O2/c1-12-4-5-14(10-15(12)21-3)16(20)19-8-6-18(7-9-19)13(2)11-17/h4-5,10,13H,6-9H2,1-3H3. The van der Waals surface area contributed by atoms with Crippen molar-refractivity contribution in [1.82, 2.24) is 9.80 Å². The number of hydrogen-bond donors (Lipinski definition) is 0. The molecule has 0 saturated carbocycles. The molecule has 0 radical (unpaired) electrons.